The Hall–Kier alpha value is -8.86. The second-order valence-corrected chi connectivity index (χ2v) is 26.3. The van der Waals surface area contributed by atoms with Gasteiger partial charge in [-0.05, 0) is 167 Å². The van der Waals surface area contributed by atoms with Crippen LogP contribution in [0.25, 0.3) is 33.2 Å². The van der Waals surface area contributed by atoms with E-state index in [1.54, 1.807) is 48.5 Å². The Labute approximate surface area is 577 Å². The summed E-state index contributed by atoms with van der Waals surface area (Å²) >= 11 is 3.53. The lowest BCUT2D eigenvalue weighted by atomic mass is 9.96. The summed E-state index contributed by atoms with van der Waals surface area (Å²) in [6.07, 6.45) is 8.78. The van der Waals surface area contributed by atoms with Gasteiger partial charge in [-0.3, -0.25) is 24.1 Å². The standard InChI is InChI=1S/C44H54N8O3.C32H37BrN6O3/c1-5-40-38(41(49-36-15-19-55-20-16-36)39-26-48-52(6-2)42(39)50-40)25-47-44(54)35-12-8-11-34(23-35)43(53)46-24-31-14-13-29(3)37(22-31)33-10-7-9-32(21-33)28-51-18-17-45-30(4)27-51;1-4-28-25(29(37-24-11-13-42-14-12-24)26-19-36-39(5-2)30(26)38-28)18-35-32(41)23-8-6-7-22(16-23)31(40)34-17-21-10-9-20(3)27(33)15-21/h7-14,21-23,26,30,36,45H,5-6,15-20,24-25,27-28H2,1-4H3,(H,46,53)(H,47,54)(H,49,50);6-10,15-16,19,24H,4-5,11-14,17-18H2,1-3H3,(H,34,40)(H,35,41)(H,37,38)/t30-;/m0./s1. The van der Waals surface area contributed by atoms with Gasteiger partial charge in [-0.1, -0.05) is 84.4 Å². The molecule has 0 bridgehead atoms. The highest BCUT2D eigenvalue weighted by Gasteiger charge is 2.26. The predicted octanol–water partition coefficient (Wildman–Crippen LogP) is 11.8. The Morgan fingerprint density at radius 3 is 1.48 bits per heavy atom. The number of anilines is 2. The normalized spacial score (nSPS) is 15.4. The zero-order valence-corrected chi connectivity index (χ0v) is 58.5. The van der Waals surface area contributed by atoms with E-state index in [1.807, 2.05) is 46.9 Å². The number of carbonyl (C=O) groups is 4. The van der Waals surface area contributed by atoms with Gasteiger partial charge < -0.3 is 46.7 Å². The van der Waals surface area contributed by atoms with E-state index >= 15 is 0 Å². The fraction of sp³-hybridized carbons (Fsp3) is 0.395. The minimum Gasteiger partial charge on any atom is -0.381 e. The maximum absolute atomic E-state index is 13.6. The summed E-state index contributed by atoms with van der Waals surface area (Å²) in [7, 11) is 0. The molecule has 4 amide bonds. The SMILES string of the molecule is CCc1nc2c(cnn2CC)c(NC2CCOCC2)c1CNC(=O)c1cccc(C(=O)NCc2ccc(C)c(-c3cccc(CN4CCN[C@@H](C)C4)c3)c2)c1.CCc1nc2c(cnn2CC)c(NC2CCOCC2)c1CNC(=O)c1cccc(C(=O)NCc2ccc(C)c(Br)c2)c1. The van der Waals surface area contributed by atoms with Gasteiger partial charge in [0.1, 0.15) is 0 Å². The van der Waals surface area contributed by atoms with Crippen LogP contribution in [0.15, 0.2) is 126 Å². The summed E-state index contributed by atoms with van der Waals surface area (Å²) in [5.74, 6) is -0.978. The number of carbonyl (C=O) groups excluding carboxylic acids is 4. The highest BCUT2D eigenvalue weighted by atomic mass is 79.9. The van der Waals surface area contributed by atoms with Crippen LogP contribution in [0.5, 0.6) is 0 Å². The minimum absolute atomic E-state index is 0.233. The largest absolute Gasteiger partial charge is 0.381 e. The fourth-order valence-electron chi connectivity index (χ4n) is 13.0. The zero-order chi connectivity index (χ0) is 68.0. The van der Waals surface area contributed by atoms with Crippen molar-refractivity contribution in [2.75, 3.05) is 56.7 Å². The van der Waals surface area contributed by atoms with Crippen molar-refractivity contribution in [3.63, 3.8) is 0 Å². The number of hydrogen-bond donors (Lipinski definition) is 7. The summed E-state index contributed by atoms with van der Waals surface area (Å²) in [6.45, 7) is 24.3. The van der Waals surface area contributed by atoms with Crippen molar-refractivity contribution in [1.29, 1.82) is 0 Å². The summed E-state index contributed by atoms with van der Waals surface area (Å²) in [5, 5.41) is 34.3. The molecule has 3 aliphatic rings. The molecular weight excluding hydrogens is 1280 g/mol. The molecule has 9 aromatic rings. The summed E-state index contributed by atoms with van der Waals surface area (Å²) < 4.78 is 16.0. The maximum atomic E-state index is 13.6. The molecule has 0 saturated carbocycles. The molecule has 3 saturated heterocycles. The average Bonchev–Trinajstić information content (AvgIpc) is 1.68. The quantitative estimate of drug-likeness (QED) is 0.0316. The van der Waals surface area contributed by atoms with Gasteiger partial charge in [-0.2, -0.15) is 10.2 Å². The molecule has 0 radical (unpaired) electrons. The van der Waals surface area contributed by atoms with Crippen LogP contribution in [0, 0.1) is 13.8 Å². The molecule has 508 valence electrons. The fourth-order valence-corrected chi connectivity index (χ4v) is 13.4. The molecule has 4 aromatic heterocycles. The minimum atomic E-state index is -0.255. The van der Waals surface area contributed by atoms with Crippen molar-refractivity contribution in [2.24, 2.45) is 0 Å². The Morgan fingerprint density at radius 2 is 1.02 bits per heavy atom. The molecule has 97 heavy (non-hydrogen) atoms. The molecule has 7 N–H and O–H groups in total. The van der Waals surface area contributed by atoms with Gasteiger partial charge in [0.05, 0.1) is 34.5 Å². The lowest BCUT2D eigenvalue weighted by molar-refractivity contribution is 0.0903. The smallest absolute Gasteiger partial charge is 0.251 e. The van der Waals surface area contributed by atoms with Gasteiger partial charge in [0.15, 0.2) is 11.3 Å². The molecular formula is C76H91BrN14O6. The van der Waals surface area contributed by atoms with Crippen LogP contribution in [0.2, 0.25) is 0 Å². The van der Waals surface area contributed by atoms with E-state index in [4.69, 9.17) is 19.4 Å². The third-order valence-corrected chi connectivity index (χ3v) is 19.4. The van der Waals surface area contributed by atoms with Crippen LogP contribution in [0.1, 0.15) is 152 Å². The number of nitrogens with one attached hydrogen (secondary N) is 7. The molecule has 21 heteroatoms. The highest BCUT2D eigenvalue weighted by Crippen LogP contribution is 2.34. The predicted molar refractivity (Wildman–Crippen MR) is 386 cm³/mol. The first-order valence-electron chi connectivity index (χ1n) is 34.3. The van der Waals surface area contributed by atoms with Crippen LogP contribution in [0.4, 0.5) is 11.4 Å². The molecule has 3 fully saturated rings. The molecule has 7 heterocycles. The molecule has 20 nitrogen and oxygen atoms in total. The second kappa shape index (κ2) is 32.9. The van der Waals surface area contributed by atoms with Gasteiger partial charge in [0.2, 0.25) is 0 Å². The lowest BCUT2D eigenvalue weighted by Gasteiger charge is -2.31. The second-order valence-electron chi connectivity index (χ2n) is 25.4. The number of aromatic nitrogens is 6. The maximum Gasteiger partial charge on any atom is 0.251 e. The van der Waals surface area contributed by atoms with E-state index in [-0.39, 0.29) is 42.3 Å². The van der Waals surface area contributed by atoms with Crippen molar-refractivity contribution >= 4 is 73.0 Å². The first kappa shape index (κ1) is 69.5. The Bertz CT molecular complexity index is 4270. The van der Waals surface area contributed by atoms with Gasteiger partial charge >= 0.3 is 0 Å². The molecule has 0 spiro atoms. The van der Waals surface area contributed by atoms with Crippen molar-refractivity contribution in [1.82, 2.24) is 61.0 Å². The van der Waals surface area contributed by atoms with Gasteiger partial charge in [0.25, 0.3) is 23.6 Å². The Balaban J connectivity index is 0.000000204. The molecule has 1 atom stereocenters. The summed E-state index contributed by atoms with van der Waals surface area (Å²) in [6, 6.07) is 35.8. The summed E-state index contributed by atoms with van der Waals surface area (Å²) in [5.41, 5.74) is 17.0. The van der Waals surface area contributed by atoms with Gasteiger partial charge in [-0.15, -0.1) is 0 Å². The number of piperazine rings is 1. The number of aryl methyl sites for hydroxylation is 6. The van der Waals surface area contributed by atoms with Crippen LogP contribution in [0.3, 0.4) is 0 Å². The van der Waals surface area contributed by atoms with E-state index < -0.39 is 0 Å². The molecule has 3 aliphatic heterocycles. The van der Waals surface area contributed by atoms with Crippen molar-refractivity contribution < 1.29 is 28.7 Å². The lowest BCUT2D eigenvalue weighted by Crippen LogP contribution is -2.48. The van der Waals surface area contributed by atoms with E-state index in [9.17, 15) is 19.2 Å². The number of nitrogens with zero attached hydrogens (tertiary/aromatic N) is 7. The number of fused-ring (bicyclic) bond motifs is 2. The third-order valence-electron chi connectivity index (χ3n) is 18.5. The number of ether oxygens (including phenoxy) is 2. The first-order valence-corrected chi connectivity index (χ1v) is 35.1. The number of amides is 4. The average molecular weight is 1380 g/mol. The van der Waals surface area contributed by atoms with Gasteiger partial charge in [-0.25, -0.2) is 19.3 Å². The van der Waals surface area contributed by atoms with Crippen LogP contribution >= 0.6 is 15.9 Å². The topological polar surface area (TPSA) is 236 Å². The number of benzene rings is 5. The van der Waals surface area contributed by atoms with E-state index in [0.29, 0.717) is 80.5 Å². The van der Waals surface area contributed by atoms with Crippen molar-refractivity contribution in [3.8, 4) is 11.1 Å². The number of halogens is 1. The van der Waals surface area contributed by atoms with Gasteiger partial charge in [0, 0.05) is 159 Å². The molecule has 0 aliphatic carbocycles. The molecule has 5 aromatic carbocycles. The number of rotatable bonds is 23. The molecule has 12 rings (SSSR count). The van der Waals surface area contributed by atoms with Crippen molar-refractivity contribution in [3.05, 3.63) is 199 Å². The zero-order valence-electron chi connectivity index (χ0n) is 56.9. The highest BCUT2D eigenvalue weighted by molar-refractivity contribution is 9.10. The Kier molecular flexibility index (Phi) is 23.6. The van der Waals surface area contributed by atoms with Crippen LogP contribution < -0.4 is 37.2 Å². The van der Waals surface area contributed by atoms with Crippen molar-refractivity contribution in [2.45, 2.75) is 151 Å². The third kappa shape index (κ3) is 17.3. The molecule has 0 unspecified atom stereocenters. The van der Waals surface area contributed by atoms with E-state index in [2.05, 4.69) is 152 Å². The number of hydrogen-bond acceptors (Lipinski definition) is 14. The monoisotopic (exact) mass is 1370 g/mol. The Morgan fingerprint density at radius 1 is 0.557 bits per heavy atom. The first-order chi connectivity index (χ1) is 47.2. The number of pyridine rings is 2. The van der Waals surface area contributed by atoms with E-state index in [0.717, 1.165) is 154 Å². The van der Waals surface area contributed by atoms with Crippen LogP contribution in [-0.2, 0) is 68.1 Å². The summed E-state index contributed by atoms with van der Waals surface area (Å²) in [4.78, 5) is 65.7. The van der Waals surface area contributed by atoms with E-state index in [1.165, 1.54) is 16.7 Å². The van der Waals surface area contributed by atoms with Crippen LogP contribution in [-0.4, -0.2) is 122 Å².